The average molecular weight is 359 g/mol. The maximum absolute atomic E-state index is 5.02. The fraction of sp³-hybridized carbons (Fsp3) is 0. The molecule has 1 N–H and O–H groups in total. The molecule has 0 spiro atoms. The Kier molecular flexibility index (Phi) is 3.17. The van der Waals surface area contributed by atoms with E-state index < -0.39 is 0 Å². The van der Waals surface area contributed by atoms with Crippen molar-refractivity contribution in [1.29, 1.82) is 0 Å². The third-order valence-electron chi connectivity index (χ3n) is 5.36. The number of nitrogens with one attached hydrogen (secondary N) is 1. The fourth-order valence-corrected chi connectivity index (χ4v) is 4.10. The van der Waals surface area contributed by atoms with Gasteiger partial charge in [0.15, 0.2) is 0 Å². The number of benzene rings is 4. The highest BCUT2D eigenvalue weighted by atomic mass is 15.1. The molecule has 3 heteroatoms. The number of H-pyrrole nitrogens is 1. The van der Waals surface area contributed by atoms with E-state index >= 15 is 0 Å². The van der Waals surface area contributed by atoms with E-state index in [1.807, 2.05) is 12.1 Å². The topological polar surface area (TPSA) is 33.6 Å². The summed E-state index contributed by atoms with van der Waals surface area (Å²) < 4.78 is 2.25. The van der Waals surface area contributed by atoms with Crippen molar-refractivity contribution in [1.82, 2.24) is 14.5 Å². The van der Waals surface area contributed by atoms with E-state index in [9.17, 15) is 0 Å². The van der Waals surface area contributed by atoms with Gasteiger partial charge >= 0.3 is 0 Å². The van der Waals surface area contributed by atoms with Crippen molar-refractivity contribution < 1.29 is 0 Å². The monoisotopic (exact) mass is 359 g/mol. The van der Waals surface area contributed by atoms with Crippen LogP contribution in [0, 0.1) is 0 Å². The minimum Gasteiger partial charge on any atom is -0.354 e. The lowest BCUT2D eigenvalue weighted by molar-refractivity contribution is 1.10. The van der Waals surface area contributed by atoms with Crippen molar-refractivity contribution in [2.75, 3.05) is 0 Å². The predicted octanol–water partition coefficient (Wildman–Crippen LogP) is 6.33. The van der Waals surface area contributed by atoms with Crippen LogP contribution in [-0.2, 0) is 0 Å². The summed E-state index contributed by atoms with van der Waals surface area (Å²) in [5, 5.41) is 2.46. The van der Waals surface area contributed by atoms with Crippen LogP contribution in [0.5, 0.6) is 0 Å². The van der Waals surface area contributed by atoms with E-state index in [4.69, 9.17) is 4.98 Å². The number of aromatic amines is 1. The quantitative estimate of drug-likeness (QED) is 0.385. The highest BCUT2D eigenvalue weighted by Crippen LogP contribution is 2.35. The van der Waals surface area contributed by atoms with E-state index in [0.29, 0.717) is 0 Å². The molecule has 0 saturated carbocycles. The normalized spacial score (nSPS) is 11.6. The highest BCUT2D eigenvalue weighted by molar-refractivity contribution is 6.11. The molecule has 0 unspecified atom stereocenters. The molecule has 6 rings (SSSR count). The summed E-state index contributed by atoms with van der Waals surface area (Å²) in [6, 6.07) is 33.6. The van der Waals surface area contributed by atoms with Gasteiger partial charge in [0.2, 0.25) is 0 Å². The Morgan fingerprint density at radius 1 is 0.643 bits per heavy atom. The van der Waals surface area contributed by atoms with Gasteiger partial charge in [0.1, 0.15) is 5.82 Å². The summed E-state index contributed by atoms with van der Waals surface area (Å²) in [6.07, 6.45) is 0. The molecule has 132 valence electrons. The molecule has 0 aliphatic heterocycles. The fourth-order valence-electron chi connectivity index (χ4n) is 4.10. The number of aromatic nitrogens is 3. The Labute approximate surface area is 161 Å². The first-order valence-electron chi connectivity index (χ1n) is 9.43. The van der Waals surface area contributed by atoms with Crippen LogP contribution < -0.4 is 0 Å². The van der Waals surface area contributed by atoms with Crippen molar-refractivity contribution in [3.63, 3.8) is 0 Å². The number of imidazole rings is 1. The van der Waals surface area contributed by atoms with Gasteiger partial charge in [-0.15, -0.1) is 0 Å². The highest BCUT2D eigenvalue weighted by Gasteiger charge is 2.17. The Hall–Kier alpha value is -3.85. The second kappa shape index (κ2) is 5.83. The lowest BCUT2D eigenvalue weighted by Gasteiger charge is -2.10. The van der Waals surface area contributed by atoms with Crippen molar-refractivity contribution in [2.45, 2.75) is 0 Å². The molecule has 6 aromatic rings. The number of nitrogens with zero attached hydrogens (tertiary/aromatic N) is 2. The van der Waals surface area contributed by atoms with E-state index in [1.54, 1.807) is 0 Å². The number of hydrogen-bond acceptors (Lipinski definition) is 1. The van der Waals surface area contributed by atoms with Crippen molar-refractivity contribution in [2.24, 2.45) is 0 Å². The molecule has 0 aliphatic carbocycles. The molecule has 0 fully saturated rings. The van der Waals surface area contributed by atoms with E-state index in [2.05, 4.69) is 94.5 Å². The SMILES string of the molecule is c1ccc(-n2c(-c3cccc4c3[nH]c3ccccc34)nc3ccccc32)cc1. The summed E-state index contributed by atoms with van der Waals surface area (Å²) in [5.74, 6) is 0.949. The molecule has 0 saturated heterocycles. The lowest BCUT2D eigenvalue weighted by Crippen LogP contribution is -1.97. The third kappa shape index (κ3) is 2.13. The van der Waals surface area contributed by atoms with Gasteiger partial charge in [-0.05, 0) is 36.4 Å². The molecule has 2 heterocycles. The molecule has 0 bridgehead atoms. The number of hydrogen-bond donors (Lipinski definition) is 1. The summed E-state index contributed by atoms with van der Waals surface area (Å²) in [4.78, 5) is 8.64. The minimum absolute atomic E-state index is 0.949. The van der Waals surface area contributed by atoms with Crippen molar-refractivity contribution in [3.05, 3.63) is 97.1 Å². The Bertz CT molecular complexity index is 1460. The lowest BCUT2D eigenvalue weighted by atomic mass is 10.1. The number of para-hydroxylation sites is 5. The van der Waals surface area contributed by atoms with Crippen molar-refractivity contribution in [3.8, 4) is 17.1 Å². The van der Waals surface area contributed by atoms with Crippen LogP contribution in [0.2, 0.25) is 0 Å². The van der Waals surface area contributed by atoms with E-state index in [-0.39, 0.29) is 0 Å². The first-order valence-corrected chi connectivity index (χ1v) is 9.43. The number of rotatable bonds is 2. The van der Waals surface area contributed by atoms with Gasteiger partial charge in [-0.2, -0.15) is 0 Å². The standard InChI is InChI=1S/C25H17N3/c1-2-9-17(10-3-1)28-23-16-7-6-15-22(23)27-25(28)20-13-8-12-19-18-11-4-5-14-21(18)26-24(19)20/h1-16,26H. The largest absolute Gasteiger partial charge is 0.354 e. The zero-order chi connectivity index (χ0) is 18.5. The zero-order valence-electron chi connectivity index (χ0n) is 15.1. The molecule has 4 aromatic carbocycles. The van der Waals surface area contributed by atoms with Gasteiger partial charge in [-0.1, -0.05) is 60.7 Å². The molecule has 0 radical (unpaired) electrons. The van der Waals surface area contributed by atoms with E-state index in [1.165, 1.54) is 10.8 Å². The smallest absolute Gasteiger partial charge is 0.147 e. The van der Waals surface area contributed by atoms with Gasteiger partial charge in [0.05, 0.1) is 16.6 Å². The Morgan fingerprint density at radius 2 is 1.39 bits per heavy atom. The summed E-state index contributed by atoms with van der Waals surface area (Å²) in [6.45, 7) is 0. The van der Waals surface area contributed by atoms with Gasteiger partial charge in [-0.25, -0.2) is 4.98 Å². The molecule has 0 aliphatic rings. The third-order valence-corrected chi connectivity index (χ3v) is 5.36. The molecule has 3 nitrogen and oxygen atoms in total. The van der Waals surface area contributed by atoms with Gasteiger partial charge in [-0.3, -0.25) is 4.57 Å². The molecule has 0 atom stereocenters. The second-order valence-electron chi connectivity index (χ2n) is 6.99. The average Bonchev–Trinajstić information content (AvgIpc) is 3.33. The number of fused-ring (bicyclic) bond motifs is 4. The van der Waals surface area contributed by atoms with Crippen molar-refractivity contribution >= 4 is 32.8 Å². The summed E-state index contributed by atoms with van der Waals surface area (Å²) >= 11 is 0. The molecular formula is C25H17N3. The minimum atomic E-state index is 0.949. The molecule has 0 amide bonds. The predicted molar refractivity (Wildman–Crippen MR) is 116 cm³/mol. The van der Waals surface area contributed by atoms with Gasteiger partial charge in [0, 0.05) is 27.5 Å². The maximum atomic E-state index is 5.02. The first-order chi connectivity index (χ1) is 13.9. The van der Waals surface area contributed by atoms with Crippen LogP contribution >= 0.6 is 0 Å². The maximum Gasteiger partial charge on any atom is 0.147 e. The van der Waals surface area contributed by atoms with Crippen LogP contribution in [0.3, 0.4) is 0 Å². The summed E-state index contributed by atoms with van der Waals surface area (Å²) in [7, 11) is 0. The molecule has 28 heavy (non-hydrogen) atoms. The van der Waals surface area contributed by atoms with Crippen LogP contribution in [-0.4, -0.2) is 14.5 Å². The summed E-state index contributed by atoms with van der Waals surface area (Å²) in [5.41, 5.74) is 6.59. The molecule has 2 aromatic heterocycles. The second-order valence-corrected chi connectivity index (χ2v) is 6.99. The van der Waals surface area contributed by atoms with Gasteiger partial charge in [0.25, 0.3) is 0 Å². The van der Waals surface area contributed by atoms with Crippen LogP contribution in [0.4, 0.5) is 0 Å². The van der Waals surface area contributed by atoms with E-state index in [0.717, 1.165) is 39.1 Å². The van der Waals surface area contributed by atoms with Crippen LogP contribution in [0.15, 0.2) is 97.1 Å². The molecular weight excluding hydrogens is 342 g/mol. The van der Waals surface area contributed by atoms with Crippen LogP contribution in [0.1, 0.15) is 0 Å². The Morgan fingerprint density at radius 3 is 2.32 bits per heavy atom. The first kappa shape index (κ1) is 15.2. The van der Waals surface area contributed by atoms with Crippen LogP contribution in [0.25, 0.3) is 49.9 Å². The zero-order valence-corrected chi connectivity index (χ0v) is 15.1. The Balaban J connectivity index is 1.74. The van der Waals surface area contributed by atoms with Gasteiger partial charge < -0.3 is 4.98 Å².